The van der Waals surface area contributed by atoms with Crippen molar-refractivity contribution < 1.29 is 12.3 Å². The minimum Gasteiger partial charge on any atom is -0.0624 e. The Hall–Kier alpha value is -2.12. The van der Waals surface area contributed by atoms with Gasteiger partial charge in [-0.3, -0.25) is 0 Å². The predicted octanol–water partition coefficient (Wildman–Crippen LogP) is 2.79. The molecule has 0 heterocycles. The van der Waals surface area contributed by atoms with Crippen molar-refractivity contribution in [2.24, 2.45) is 0 Å². The molecule has 98 valence electrons. The Labute approximate surface area is 134 Å². The molecule has 0 saturated heterocycles. The predicted molar refractivity (Wildman–Crippen MR) is 89.8 cm³/mol. The second-order valence-corrected chi connectivity index (χ2v) is 8.58. The monoisotopic (exact) mass is 283 g/mol. The molecule has 3 aromatic carbocycles. The quantitative estimate of drug-likeness (QED) is 0.512. The number of hydrogen-bond donors (Lipinski definition) is 0. The van der Waals surface area contributed by atoms with Crippen molar-refractivity contribution in [1.82, 2.24) is 0 Å². The smallest absolute Gasteiger partial charge is 0.0624 e. The van der Waals surface area contributed by atoms with Gasteiger partial charge >= 0.3 is 0 Å². The molecule has 0 fully saturated rings. The highest BCUT2D eigenvalue weighted by atomic mass is 28.3. The van der Waals surface area contributed by atoms with Crippen molar-refractivity contribution in [2.45, 2.75) is 6.55 Å². The Morgan fingerprint density at radius 1 is 0.550 bits per heavy atom. The third-order valence-electron chi connectivity index (χ3n) is 3.53. The van der Waals surface area contributed by atoms with E-state index in [1.54, 1.807) is 0 Å². The molecule has 0 spiro atoms. The van der Waals surface area contributed by atoms with Crippen LogP contribution in [0.5, 0.6) is 0 Å². The minimum absolute atomic E-state index is 0.130. The van der Waals surface area contributed by atoms with Crippen LogP contribution in [0, 0.1) is 0 Å². The molecule has 0 atom stereocenters. The molecule has 0 aliphatic heterocycles. The molecule has 3 aromatic rings. The molecule has 0 amide bonds. The average Bonchev–Trinajstić information content (AvgIpc) is 2.66. The summed E-state index contributed by atoms with van der Waals surface area (Å²) < 4.78 is 71.8. The molecular formula is C19H18Si. The molecule has 0 saturated carbocycles. The highest BCUT2D eigenvalue weighted by Crippen LogP contribution is 2.06. The number of rotatable bonds is 3. The summed E-state index contributed by atoms with van der Waals surface area (Å²) in [7, 11) is -3.10. The van der Waals surface area contributed by atoms with Crippen molar-refractivity contribution in [3.63, 3.8) is 0 Å². The summed E-state index contributed by atoms with van der Waals surface area (Å²) in [6.45, 7) is 1.86. The van der Waals surface area contributed by atoms with E-state index in [1.165, 1.54) is 36.4 Å². The van der Waals surface area contributed by atoms with Crippen molar-refractivity contribution >= 4 is 23.6 Å². The van der Waals surface area contributed by atoms with E-state index in [0.717, 1.165) is 0 Å². The van der Waals surface area contributed by atoms with E-state index >= 15 is 0 Å². The van der Waals surface area contributed by atoms with E-state index in [9.17, 15) is 0 Å². The molecule has 0 aliphatic carbocycles. The van der Waals surface area contributed by atoms with Gasteiger partial charge in [-0.1, -0.05) is 97.3 Å². The summed E-state index contributed by atoms with van der Waals surface area (Å²) in [5.41, 5.74) is 0. The summed E-state index contributed by atoms with van der Waals surface area (Å²) in [5, 5.41) is 1.70. The van der Waals surface area contributed by atoms with Gasteiger partial charge in [0.1, 0.15) is 8.07 Å². The van der Waals surface area contributed by atoms with Gasteiger partial charge in [-0.15, -0.1) is 0 Å². The first kappa shape index (κ1) is 6.11. The molecule has 0 radical (unpaired) electrons. The largest absolute Gasteiger partial charge is 0.145 e. The number of hydrogen-bond acceptors (Lipinski definition) is 0. The molecule has 3 rings (SSSR count). The molecule has 0 aliphatic rings. The van der Waals surface area contributed by atoms with Crippen LogP contribution >= 0.6 is 0 Å². The molecule has 20 heavy (non-hydrogen) atoms. The minimum atomic E-state index is -3.10. The molecule has 0 bridgehead atoms. The Morgan fingerprint density at radius 2 is 0.800 bits per heavy atom. The van der Waals surface area contributed by atoms with E-state index in [-0.39, 0.29) is 54.4 Å². The summed E-state index contributed by atoms with van der Waals surface area (Å²) in [5.74, 6) is 0. The summed E-state index contributed by atoms with van der Waals surface area (Å²) in [4.78, 5) is 0. The highest BCUT2D eigenvalue weighted by molar-refractivity contribution is 7.10. The third-order valence-corrected chi connectivity index (χ3v) is 7.86. The lowest BCUT2D eigenvalue weighted by Gasteiger charge is -2.29. The Morgan fingerprint density at radius 3 is 1.05 bits per heavy atom. The summed E-state index contributed by atoms with van der Waals surface area (Å²) in [6, 6.07) is 7.48. The Bertz CT molecular complexity index is 918. The third kappa shape index (κ3) is 2.21. The summed E-state index contributed by atoms with van der Waals surface area (Å²) >= 11 is 0. The molecule has 0 nitrogen and oxygen atoms in total. The fourth-order valence-electron chi connectivity index (χ4n) is 2.30. The van der Waals surface area contributed by atoms with Crippen LogP contribution in [0.3, 0.4) is 0 Å². The molecule has 0 unspecified atom stereocenters. The Balaban J connectivity index is 2.42. The maximum Gasteiger partial charge on any atom is 0.145 e. The zero-order valence-corrected chi connectivity index (χ0v) is 12.0. The summed E-state index contributed by atoms with van der Waals surface area (Å²) in [6.07, 6.45) is 0. The van der Waals surface area contributed by atoms with Gasteiger partial charge in [0, 0.05) is 0 Å². The lowest BCUT2D eigenvalue weighted by atomic mass is 10.3. The lowest BCUT2D eigenvalue weighted by molar-refractivity contribution is 1.66. The zero-order chi connectivity index (χ0) is 21.7. The lowest BCUT2D eigenvalue weighted by Crippen LogP contribution is -2.64. The van der Waals surface area contributed by atoms with Gasteiger partial charge in [0.2, 0.25) is 0 Å². The van der Waals surface area contributed by atoms with Crippen LogP contribution < -0.4 is 15.6 Å². The molecular weight excluding hydrogens is 256 g/mol. The van der Waals surface area contributed by atoms with Crippen LogP contribution in [0.25, 0.3) is 0 Å². The second-order valence-electron chi connectivity index (χ2n) is 4.60. The first-order chi connectivity index (χ1) is 13.5. The van der Waals surface area contributed by atoms with Gasteiger partial charge in [-0.05, 0) is 15.6 Å². The van der Waals surface area contributed by atoms with Crippen molar-refractivity contribution in [2.75, 3.05) is 0 Å². The van der Waals surface area contributed by atoms with E-state index in [0.29, 0.717) is 15.6 Å². The molecule has 0 N–H and O–H groups in total. The topological polar surface area (TPSA) is 0 Å². The fraction of sp³-hybridized carbons (Fsp3) is 0.0526. The van der Waals surface area contributed by atoms with Gasteiger partial charge in [-0.25, -0.2) is 0 Å². The van der Waals surface area contributed by atoms with Crippen LogP contribution in [0.2, 0.25) is 6.55 Å². The molecule has 0 aromatic heterocycles. The maximum absolute atomic E-state index is 8.05. The van der Waals surface area contributed by atoms with Crippen molar-refractivity contribution in [3.05, 3.63) is 90.8 Å². The van der Waals surface area contributed by atoms with E-state index in [2.05, 4.69) is 0 Å². The van der Waals surface area contributed by atoms with Gasteiger partial charge in [0.05, 0.1) is 12.3 Å². The van der Waals surface area contributed by atoms with Crippen molar-refractivity contribution in [3.8, 4) is 0 Å². The van der Waals surface area contributed by atoms with E-state index < -0.39 is 8.07 Å². The van der Waals surface area contributed by atoms with Gasteiger partial charge in [-0.2, -0.15) is 0 Å². The SMILES string of the molecule is [2H]c1cc([Si](C)(c2cc([2H])c([2H])c([2H])c2)c2cc([2H])c([2H])c([2H])c2)cc([2H])c1[2H]. The van der Waals surface area contributed by atoms with Gasteiger partial charge < -0.3 is 0 Å². The van der Waals surface area contributed by atoms with E-state index in [4.69, 9.17) is 12.3 Å². The first-order valence-electron chi connectivity index (χ1n) is 10.7. The van der Waals surface area contributed by atoms with Crippen LogP contribution in [0.4, 0.5) is 0 Å². The van der Waals surface area contributed by atoms with Gasteiger partial charge in [0.25, 0.3) is 0 Å². The van der Waals surface area contributed by atoms with Crippen molar-refractivity contribution in [1.29, 1.82) is 0 Å². The van der Waals surface area contributed by atoms with Crippen LogP contribution in [-0.4, -0.2) is 8.07 Å². The Kier molecular flexibility index (Phi) is 1.67. The highest BCUT2D eigenvalue weighted by Gasteiger charge is 2.33. The molecule has 1 heteroatoms. The van der Waals surface area contributed by atoms with Gasteiger partial charge in [0.15, 0.2) is 0 Å². The van der Waals surface area contributed by atoms with Crippen LogP contribution in [0.15, 0.2) is 90.8 Å². The second kappa shape index (κ2) is 5.47. The average molecular weight is 283 g/mol. The van der Waals surface area contributed by atoms with Crippen LogP contribution in [-0.2, 0) is 0 Å². The standard InChI is InChI=1S/C19H18Si/c1-20(17-11-5-2-6-12-17,18-13-7-3-8-14-18)19-15-9-4-10-16-19/h2-16H,1H3/i2D,3D,4D,5D,6D,7D,8D,9D,10D. The zero-order valence-electron chi connectivity index (χ0n) is 20.0. The first-order valence-corrected chi connectivity index (χ1v) is 8.71. The number of benzene rings is 3. The maximum atomic E-state index is 8.05. The van der Waals surface area contributed by atoms with Crippen LogP contribution in [0.1, 0.15) is 12.3 Å². The fourth-order valence-corrected chi connectivity index (χ4v) is 5.46. The van der Waals surface area contributed by atoms with E-state index in [1.807, 2.05) is 6.55 Å². The normalized spacial score (nSPS) is 17.6.